The maximum Gasteiger partial charge on any atom is 0.321 e. The molecule has 2 N–H and O–H groups in total. The zero-order valence-corrected chi connectivity index (χ0v) is 16.3. The van der Waals surface area contributed by atoms with Crippen molar-refractivity contribution in [3.63, 3.8) is 0 Å². The van der Waals surface area contributed by atoms with Gasteiger partial charge in [-0.05, 0) is 44.0 Å². The minimum atomic E-state index is -0.892. The summed E-state index contributed by atoms with van der Waals surface area (Å²) in [6, 6.07) is 12.5. The lowest BCUT2D eigenvalue weighted by Crippen LogP contribution is -2.44. The van der Waals surface area contributed by atoms with Gasteiger partial charge in [0, 0.05) is 18.8 Å². The average molecular weight is 399 g/mol. The number of hydrogen-bond donors (Lipinski definition) is 2. The van der Waals surface area contributed by atoms with Crippen LogP contribution >= 0.6 is 0 Å². The van der Waals surface area contributed by atoms with E-state index in [1.165, 1.54) is 13.2 Å². The number of amides is 3. The first-order chi connectivity index (χ1) is 14.0. The third kappa shape index (κ3) is 5.84. The topological polar surface area (TPSA) is 101 Å². The molecule has 1 atom stereocenters. The smallest absolute Gasteiger partial charge is 0.321 e. The van der Waals surface area contributed by atoms with Gasteiger partial charge in [0.05, 0.1) is 18.7 Å². The molecule has 8 nitrogen and oxygen atoms in total. The molecule has 1 aromatic carbocycles. The highest BCUT2D eigenvalue weighted by Crippen LogP contribution is 2.20. The molecule has 3 amide bonds. The number of furan rings is 1. The maximum atomic E-state index is 12.4. The van der Waals surface area contributed by atoms with Crippen molar-refractivity contribution in [1.82, 2.24) is 10.2 Å². The second kappa shape index (κ2) is 9.77. The van der Waals surface area contributed by atoms with Gasteiger partial charge in [0.15, 0.2) is 6.10 Å². The van der Waals surface area contributed by atoms with E-state index in [2.05, 4.69) is 10.6 Å². The van der Waals surface area contributed by atoms with Gasteiger partial charge in [0.1, 0.15) is 5.76 Å². The Hall–Kier alpha value is -3.29. The number of piperidine rings is 1. The Labute approximate surface area is 169 Å². The van der Waals surface area contributed by atoms with Crippen molar-refractivity contribution in [2.75, 3.05) is 18.4 Å². The molecule has 0 spiro atoms. The number of carbonyl (C=O) groups is 3. The highest BCUT2D eigenvalue weighted by Gasteiger charge is 2.30. The summed E-state index contributed by atoms with van der Waals surface area (Å²) < 4.78 is 10.5. The van der Waals surface area contributed by atoms with Crippen LogP contribution < -0.4 is 10.6 Å². The molecule has 0 bridgehead atoms. The number of urea groups is 1. The SMILES string of the molecule is CC(OC(=O)C1CCN(C(=O)Nc2ccccc2)CC1)C(=O)NCc1ccco1. The molecule has 154 valence electrons. The van der Waals surface area contributed by atoms with Gasteiger partial charge >= 0.3 is 12.0 Å². The number of nitrogens with zero attached hydrogens (tertiary/aromatic N) is 1. The molecule has 0 aliphatic carbocycles. The Balaban J connectivity index is 1.40. The number of nitrogens with one attached hydrogen (secondary N) is 2. The number of benzene rings is 1. The Morgan fingerprint density at radius 3 is 2.52 bits per heavy atom. The van der Waals surface area contributed by atoms with Crippen LogP contribution in [0.2, 0.25) is 0 Å². The fraction of sp³-hybridized carbons (Fsp3) is 0.381. The van der Waals surface area contributed by atoms with Gasteiger partial charge < -0.3 is 24.7 Å². The van der Waals surface area contributed by atoms with E-state index in [1.54, 1.807) is 17.0 Å². The number of likely N-dealkylation sites (tertiary alicyclic amines) is 1. The first-order valence-corrected chi connectivity index (χ1v) is 9.64. The van der Waals surface area contributed by atoms with E-state index in [0.717, 1.165) is 5.69 Å². The third-order valence-electron chi connectivity index (χ3n) is 4.82. The van der Waals surface area contributed by atoms with E-state index in [1.807, 2.05) is 30.3 Å². The second-order valence-corrected chi connectivity index (χ2v) is 6.93. The van der Waals surface area contributed by atoms with Gasteiger partial charge in [-0.2, -0.15) is 0 Å². The summed E-state index contributed by atoms with van der Waals surface area (Å²) in [5.41, 5.74) is 0.730. The Morgan fingerprint density at radius 2 is 1.86 bits per heavy atom. The van der Waals surface area contributed by atoms with Crippen molar-refractivity contribution in [1.29, 1.82) is 0 Å². The molecule has 1 aliphatic rings. The molecule has 1 unspecified atom stereocenters. The van der Waals surface area contributed by atoms with Crippen LogP contribution in [0.15, 0.2) is 53.1 Å². The van der Waals surface area contributed by atoms with Crippen LogP contribution in [0.3, 0.4) is 0 Å². The Bertz CT molecular complexity index is 814. The molecule has 2 heterocycles. The molecule has 1 saturated heterocycles. The van der Waals surface area contributed by atoms with Crippen molar-refractivity contribution in [3.8, 4) is 0 Å². The summed E-state index contributed by atoms with van der Waals surface area (Å²) in [6.45, 7) is 2.69. The molecule has 1 aliphatic heterocycles. The second-order valence-electron chi connectivity index (χ2n) is 6.93. The lowest BCUT2D eigenvalue weighted by molar-refractivity contribution is -0.160. The van der Waals surface area contributed by atoms with Crippen molar-refractivity contribution in [2.45, 2.75) is 32.4 Å². The van der Waals surface area contributed by atoms with Crippen LogP contribution in [-0.4, -0.2) is 42.0 Å². The van der Waals surface area contributed by atoms with E-state index in [9.17, 15) is 14.4 Å². The normalized spacial score (nSPS) is 15.4. The first kappa shape index (κ1) is 20.4. The summed E-state index contributed by atoms with van der Waals surface area (Å²) in [6.07, 6.45) is 1.64. The molecule has 0 saturated carbocycles. The third-order valence-corrected chi connectivity index (χ3v) is 4.82. The van der Waals surface area contributed by atoms with Crippen molar-refractivity contribution < 1.29 is 23.5 Å². The molecule has 1 fully saturated rings. The number of anilines is 1. The number of esters is 1. The zero-order valence-electron chi connectivity index (χ0n) is 16.3. The quantitative estimate of drug-likeness (QED) is 0.728. The predicted octanol–water partition coefficient (Wildman–Crippen LogP) is 2.77. The minimum absolute atomic E-state index is 0.186. The number of hydrogen-bond acceptors (Lipinski definition) is 5. The summed E-state index contributed by atoms with van der Waals surface area (Å²) in [7, 11) is 0. The van der Waals surface area contributed by atoms with E-state index in [-0.39, 0.29) is 24.4 Å². The van der Waals surface area contributed by atoms with Crippen LogP contribution in [-0.2, 0) is 20.9 Å². The van der Waals surface area contributed by atoms with Gasteiger partial charge in [-0.3, -0.25) is 9.59 Å². The van der Waals surface area contributed by atoms with Crippen molar-refractivity contribution in [2.24, 2.45) is 5.92 Å². The summed E-state index contributed by atoms with van der Waals surface area (Å²) in [5, 5.41) is 5.51. The Morgan fingerprint density at radius 1 is 1.14 bits per heavy atom. The fourth-order valence-electron chi connectivity index (χ4n) is 3.10. The van der Waals surface area contributed by atoms with Crippen LogP contribution in [0.25, 0.3) is 0 Å². The van der Waals surface area contributed by atoms with E-state index in [0.29, 0.717) is 31.7 Å². The van der Waals surface area contributed by atoms with E-state index >= 15 is 0 Å². The predicted molar refractivity (Wildman–Crippen MR) is 106 cm³/mol. The van der Waals surface area contributed by atoms with Gasteiger partial charge in [0.25, 0.3) is 5.91 Å². The standard InChI is InChI=1S/C21H25N3O5/c1-15(19(25)22-14-18-8-5-13-28-18)29-20(26)16-9-11-24(12-10-16)21(27)23-17-6-3-2-4-7-17/h2-8,13,15-16H,9-12,14H2,1H3,(H,22,25)(H,23,27). The molecular formula is C21H25N3O5. The van der Waals surface area contributed by atoms with Crippen molar-refractivity contribution >= 4 is 23.6 Å². The number of para-hydroxylation sites is 1. The van der Waals surface area contributed by atoms with Gasteiger partial charge in [-0.1, -0.05) is 18.2 Å². The van der Waals surface area contributed by atoms with E-state index in [4.69, 9.17) is 9.15 Å². The molecule has 2 aromatic rings. The lowest BCUT2D eigenvalue weighted by atomic mass is 9.97. The number of ether oxygens (including phenoxy) is 1. The molecule has 8 heteroatoms. The summed E-state index contributed by atoms with van der Waals surface area (Å²) in [5.74, 6) is -0.489. The van der Waals surface area contributed by atoms with E-state index < -0.39 is 12.1 Å². The maximum absolute atomic E-state index is 12.4. The van der Waals surface area contributed by atoms with Crippen LogP contribution in [0.4, 0.5) is 10.5 Å². The van der Waals surface area contributed by atoms with Crippen molar-refractivity contribution in [3.05, 3.63) is 54.5 Å². The van der Waals surface area contributed by atoms with Crippen LogP contribution in [0, 0.1) is 5.92 Å². The van der Waals surface area contributed by atoms with Gasteiger partial charge in [-0.15, -0.1) is 0 Å². The summed E-state index contributed by atoms with van der Waals surface area (Å²) >= 11 is 0. The zero-order chi connectivity index (χ0) is 20.6. The highest BCUT2D eigenvalue weighted by molar-refractivity contribution is 5.89. The highest BCUT2D eigenvalue weighted by atomic mass is 16.5. The fourth-order valence-corrected chi connectivity index (χ4v) is 3.10. The number of carbonyl (C=O) groups excluding carboxylic acids is 3. The summed E-state index contributed by atoms with van der Waals surface area (Å²) in [4.78, 5) is 38.4. The molecule has 29 heavy (non-hydrogen) atoms. The van der Waals surface area contributed by atoms with Gasteiger partial charge in [0.2, 0.25) is 0 Å². The molecule has 0 radical (unpaired) electrons. The van der Waals surface area contributed by atoms with Crippen LogP contribution in [0.5, 0.6) is 0 Å². The van der Waals surface area contributed by atoms with Gasteiger partial charge in [-0.25, -0.2) is 4.79 Å². The molecule has 3 rings (SSSR count). The minimum Gasteiger partial charge on any atom is -0.467 e. The molecular weight excluding hydrogens is 374 g/mol. The first-order valence-electron chi connectivity index (χ1n) is 9.64. The largest absolute Gasteiger partial charge is 0.467 e. The monoisotopic (exact) mass is 399 g/mol. The Kier molecular flexibility index (Phi) is 6.89. The lowest BCUT2D eigenvalue weighted by Gasteiger charge is -2.31. The average Bonchev–Trinajstić information content (AvgIpc) is 3.26. The van der Waals surface area contributed by atoms with Crippen LogP contribution in [0.1, 0.15) is 25.5 Å². The molecule has 1 aromatic heterocycles. The number of rotatable bonds is 6.